The van der Waals surface area contributed by atoms with E-state index in [0.29, 0.717) is 0 Å². The summed E-state index contributed by atoms with van der Waals surface area (Å²) in [5, 5.41) is 35.3. The topological polar surface area (TPSA) is 186 Å². The number of hydrogen-bond acceptors (Lipinski definition) is 5. The van der Waals surface area contributed by atoms with Gasteiger partial charge in [0.25, 0.3) is 25.9 Å². The van der Waals surface area contributed by atoms with Gasteiger partial charge in [-0.25, -0.2) is 0 Å². The first-order chi connectivity index (χ1) is 7.93. The van der Waals surface area contributed by atoms with Crippen LogP contribution in [0, 0.1) is 0 Å². The first kappa shape index (κ1) is 29.3. The lowest BCUT2D eigenvalue weighted by atomic mass is 10.5. The second-order valence-electron chi connectivity index (χ2n) is 1.17. The Balaban J connectivity index is -0.0000000362. The van der Waals surface area contributed by atoms with Gasteiger partial charge in [-0.15, -0.1) is 0 Å². The molecule has 0 unspecified atom stereocenters. The molecule has 0 aliphatic rings. The van der Waals surface area contributed by atoms with Crippen molar-refractivity contribution in [3.63, 3.8) is 0 Å². The lowest BCUT2D eigenvalue weighted by Crippen LogP contribution is -1.86. The van der Waals surface area contributed by atoms with Crippen LogP contribution in [0.25, 0.3) is 0 Å². The first-order valence-corrected chi connectivity index (χ1v) is 3.46. The quantitative estimate of drug-likeness (QED) is 0.375. The Morgan fingerprint density at radius 2 is 0.882 bits per heavy atom. The van der Waals surface area contributed by atoms with E-state index in [0.717, 1.165) is 0 Å². The van der Waals surface area contributed by atoms with Crippen molar-refractivity contribution in [3.05, 3.63) is 0 Å². The standard InChI is InChI=1S/C3H6O2.4CH2O2/c1-2-3(4)5;4*2-1-3/h2H2,1H3,(H,4,5);4*1H,(H,2,3). The minimum absolute atomic E-state index is 0.222. The van der Waals surface area contributed by atoms with Crippen molar-refractivity contribution in [3.8, 4) is 0 Å². The summed E-state index contributed by atoms with van der Waals surface area (Å²) >= 11 is 0. The van der Waals surface area contributed by atoms with Gasteiger partial charge in [0.05, 0.1) is 0 Å². The lowest BCUT2D eigenvalue weighted by Gasteiger charge is -1.71. The van der Waals surface area contributed by atoms with E-state index >= 15 is 0 Å². The molecule has 0 aromatic carbocycles. The lowest BCUT2D eigenvalue weighted by molar-refractivity contribution is -0.136. The van der Waals surface area contributed by atoms with Crippen LogP contribution in [0.3, 0.4) is 0 Å². The average Bonchev–Trinajstić information content (AvgIpc) is 2.22. The van der Waals surface area contributed by atoms with E-state index in [1.165, 1.54) is 0 Å². The Morgan fingerprint density at radius 3 is 0.882 bits per heavy atom. The number of carboxylic acids is 1. The predicted molar refractivity (Wildman–Crippen MR) is 52.7 cm³/mol. The molecular formula is C7H14O10. The van der Waals surface area contributed by atoms with Gasteiger partial charge < -0.3 is 25.5 Å². The molecule has 10 heteroatoms. The van der Waals surface area contributed by atoms with Crippen LogP contribution in [0.5, 0.6) is 0 Å². The van der Waals surface area contributed by atoms with E-state index in [-0.39, 0.29) is 32.3 Å². The third-order valence-electron chi connectivity index (χ3n) is 0.302. The van der Waals surface area contributed by atoms with Crippen LogP contribution in [0.15, 0.2) is 0 Å². The van der Waals surface area contributed by atoms with Crippen molar-refractivity contribution < 1.29 is 49.5 Å². The van der Waals surface area contributed by atoms with Gasteiger partial charge in [0, 0.05) is 6.42 Å². The molecule has 0 heterocycles. The van der Waals surface area contributed by atoms with Crippen LogP contribution >= 0.6 is 0 Å². The van der Waals surface area contributed by atoms with E-state index in [1.54, 1.807) is 6.92 Å². The number of carbonyl (C=O) groups is 5. The Kier molecular flexibility index (Phi) is 122. The molecule has 0 amide bonds. The zero-order valence-corrected chi connectivity index (χ0v) is 8.79. The molecule has 0 fully saturated rings. The van der Waals surface area contributed by atoms with Crippen LogP contribution in [0.2, 0.25) is 0 Å². The molecule has 10 nitrogen and oxygen atoms in total. The maximum Gasteiger partial charge on any atom is 0.303 e. The van der Waals surface area contributed by atoms with Crippen LogP contribution in [-0.2, 0) is 24.0 Å². The highest BCUT2D eigenvalue weighted by Gasteiger charge is 1.80. The maximum atomic E-state index is 9.37. The summed E-state index contributed by atoms with van der Waals surface area (Å²) in [4.78, 5) is 42.8. The van der Waals surface area contributed by atoms with Gasteiger partial charge in [-0.3, -0.25) is 24.0 Å². The van der Waals surface area contributed by atoms with E-state index in [2.05, 4.69) is 0 Å². The van der Waals surface area contributed by atoms with Gasteiger partial charge >= 0.3 is 5.97 Å². The average molecular weight is 258 g/mol. The molecule has 0 bridgehead atoms. The van der Waals surface area contributed by atoms with Crippen molar-refractivity contribution in [2.24, 2.45) is 0 Å². The number of hydrogen-bond donors (Lipinski definition) is 5. The van der Waals surface area contributed by atoms with Crippen molar-refractivity contribution >= 4 is 31.9 Å². The van der Waals surface area contributed by atoms with E-state index in [1.807, 2.05) is 0 Å². The molecule has 0 saturated carbocycles. The monoisotopic (exact) mass is 258 g/mol. The Morgan fingerprint density at radius 1 is 0.824 bits per heavy atom. The largest absolute Gasteiger partial charge is 0.483 e. The Hall–Kier alpha value is -2.65. The second-order valence-corrected chi connectivity index (χ2v) is 1.17. The number of rotatable bonds is 1. The molecule has 0 aliphatic carbocycles. The molecule has 0 radical (unpaired) electrons. The summed E-state index contributed by atoms with van der Waals surface area (Å²) in [7, 11) is 0. The normalized spacial score (nSPS) is 5.00. The highest BCUT2D eigenvalue weighted by molar-refractivity contribution is 5.66. The molecule has 5 N–H and O–H groups in total. The van der Waals surface area contributed by atoms with Gasteiger partial charge in [-0.2, -0.15) is 0 Å². The van der Waals surface area contributed by atoms with E-state index in [9.17, 15) is 4.79 Å². The molecule has 0 saturated heterocycles. The van der Waals surface area contributed by atoms with Gasteiger partial charge in [0.15, 0.2) is 0 Å². The fourth-order valence-corrected chi connectivity index (χ4v) is 0. The van der Waals surface area contributed by atoms with Crippen LogP contribution in [-0.4, -0.2) is 57.4 Å². The molecule has 0 spiro atoms. The molecule has 0 aromatic rings. The molecule has 0 aliphatic heterocycles. The predicted octanol–water partition coefficient (Wildman–Crippen LogP) is -0.716. The third-order valence-corrected chi connectivity index (χ3v) is 0.302. The van der Waals surface area contributed by atoms with Gasteiger partial charge in [-0.05, 0) is 0 Å². The summed E-state index contributed by atoms with van der Waals surface area (Å²) in [6, 6.07) is 0. The molecular weight excluding hydrogens is 244 g/mol. The van der Waals surface area contributed by atoms with Gasteiger partial charge in [0.1, 0.15) is 0 Å². The SMILES string of the molecule is CCC(=O)O.O=CO.O=CO.O=CO.O=CO. The molecule has 0 rings (SSSR count). The minimum atomic E-state index is -0.745. The summed E-state index contributed by atoms with van der Waals surface area (Å²) in [5.74, 6) is -0.745. The number of aliphatic carboxylic acids is 1. The zero-order chi connectivity index (χ0) is 15.1. The van der Waals surface area contributed by atoms with Crippen LogP contribution < -0.4 is 0 Å². The second kappa shape index (κ2) is 71.1. The van der Waals surface area contributed by atoms with Crippen molar-refractivity contribution in [2.45, 2.75) is 13.3 Å². The maximum absolute atomic E-state index is 9.37. The zero-order valence-electron chi connectivity index (χ0n) is 8.79. The third kappa shape index (κ3) is 4070. The van der Waals surface area contributed by atoms with Crippen molar-refractivity contribution in [1.29, 1.82) is 0 Å². The highest BCUT2D eigenvalue weighted by Crippen LogP contribution is 1.67. The summed E-state index contributed by atoms with van der Waals surface area (Å²) in [6.45, 7) is 0.600. The Bertz CT molecular complexity index is 142. The molecule has 0 atom stereocenters. The summed E-state index contributed by atoms with van der Waals surface area (Å²) in [5.41, 5.74) is 0. The molecule has 0 aromatic heterocycles. The Labute approximate surface area is 95.7 Å². The fraction of sp³-hybridized carbons (Fsp3) is 0.286. The summed E-state index contributed by atoms with van der Waals surface area (Å²) in [6.07, 6.45) is 0.222. The van der Waals surface area contributed by atoms with Crippen LogP contribution in [0.4, 0.5) is 0 Å². The molecule has 17 heavy (non-hydrogen) atoms. The van der Waals surface area contributed by atoms with Gasteiger partial charge in [0.2, 0.25) is 0 Å². The smallest absolute Gasteiger partial charge is 0.303 e. The first-order valence-electron chi connectivity index (χ1n) is 3.46. The highest BCUT2D eigenvalue weighted by atomic mass is 16.4. The van der Waals surface area contributed by atoms with E-state index in [4.69, 9.17) is 44.7 Å². The van der Waals surface area contributed by atoms with E-state index < -0.39 is 5.97 Å². The van der Waals surface area contributed by atoms with Crippen LogP contribution in [0.1, 0.15) is 13.3 Å². The minimum Gasteiger partial charge on any atom is -0.483 e. The number of carboxylic acid groups (broad SMARTS) is 5. The van der Waals surface area contributed by atoms with Crippen molar-refractivity contribution in [1.82, 2.24) is 0 Å². The molecule has 102 valence electrons. The summed E-state index contributed by atoms with van der Waals surface area (Å²) < 4.78 is 0. The van der Waals surface area contributed by atoms with Gasteiger partial charge in [-0.1, -0.05) is 6.92 Å². The fourth-order valence-electron chi connectivity index (χ4n) is 0. The van der Waals surface area contributed by atoms with Crippen molar-refractivity contribution in [2.75, 3.05) is 0 Å².